The van der Waals surface area contributed by atoms with Gasteiger partial charge >= 0.3 is 0 Å². The molecule has 0 bridgehead atoms. The molecule has 6 heteroatoms. The first-order valence-corrected chi connectivity index (χ1v) is 10.7. The molecule has 0 saturated heterocycles. The van der Waals surface area contributed by atoms with Gasteiger partial charge in [0.25, 0.3) is 0 Å². The topological polar surface area (TPSA) is 79.9 Å². The lowest BCUT2D eigenvalue weighted by Gasteiger charge is -2.10. The molecule has 4 aromatic rings. The zero-order chi connectivity index (χ0) is 23.2. The Balaban J connectivity index is 1.41. The number of carbonyl (C=O) groups excluding carboxylic acids is 1. The summed E-state index contributed by atoms with van der Waals surface area (Å²) in [6, 6.07) is 26.6. The number of nitrogens with one attached hydrogen (secondary N) is 1. The number of para-hydroxylation sites is 1. The van der Waals surface area contributed by atoms with Gasteiger partial charge in [0.05, 0.1) is 29.4 Å². The average molecular weight is 437 g/mol. The van der Waals surface area contributed by atoms with Gasteiger partial charge in [-0.15, -0.1) is 0 Å². The molecule has 0 saturated carbocycles. The molecule has 0 fully saturated rings. The van der Waals surface area contributed by atoms with E-state index in [0.717, 1.165) is 28.2 Å². The van der Waals surface area contributed by atoms with Crippen molar-refractivity contribution in [3.05, 3.63) is 107 Å². The number of ether oxygens (including phenoxy) is 1. The molecule has 0 spiro atoms. The van der Waals surface area contributed by atoms with Crippen LogP contribution in [0.15, 0.2) is 78.9 Å². The highest BCUT2D eigenvalue weighted by atomic mass is 16.5. The van der Waals surface area contributed by atoms with Crippen molar-refractivity contribution in [2.75, 3.05) is 5.32 Å². The predicted octanol–water partition coefficient (Wildman–Crippen LogP) is 5.12. The summed E-state index contributed by atoms with van der Waals surface area (Å²) in [4.78, 5) is 12.8. The minimum Gasteiger partial charge on any atom is -0.489 e. The first-order valence-electron chi connectivity index (χ1n) is 10.7. The van der Waals surface area contributed by atoms with E-state index in [-0.39, 0.29) is 12.3 Å². The fourth-order valence-corrected chi connectivity index (χ4v) is 3.68. The minimum atomic E-state index is -0.118. The number of carbonyl (C=O) groups is 1. The second kappa shape index (κ2) is 9.84. The quantitative estimate of drug-likeness (QED) is 0.436. The Kier molecular flexibility index (Phi) is 6.51. The van der Waals surface area contributed by atoms with E-state index in [1.54, 1.807) is 18.2 Å². The number of rotatable bonds is 7. The zero-order valence-corrected chi connectivity index (χ0v) is 18.6. The highest BCUT2D eigenvalue weighted by Crippen LogP contribution is 2.21. The predicted molar refractivity (Wildman–Crippen MR) is 127 cm³/mol. The molecule has 0 aliphatic rings. The van der Waals surface area contributed by atoms with Gasteiger partial charge in [0.1, 0.15) is 12.4 Å². The number of hydrogen-bond acceptors (Lipinski definition) is 4. The van der Waals surface area contributed by atoms with E-state index in [1.165, 1.54) is 0 Å². The van der Waals surface area contributed by atoms with Crippen LogP contribution in [0.5, 0.6) is 5.75 Å². The van der Waals surface area contributed by atoms with Crippen LogP contribution in [0.3, 0.4) is 0 Å². The number of benzene rings is 3. The minimum absolute atomic E-state index is 0.118. The van der Waals surface area contributed by atoms with Crippen molar-refractivity contribution in [1.82, 2.24) is 9.78 Å². The Morgan fingerprint density at radius 3 is 2.61 bits per heavy atom. The van der Waals surface area contributed by atoms with Gasteiger partial charge in [0, 0.05) is 23.0 Å². The molecule has 164 valence electrons. The lowest BCUT2D eigenvalue weighted by molar-refractivity contribution is -0.115. The van der Waals surface area contributed by atoms with Crippen LogP contribution in [0.2, 0.25) is 0 Å². The number of amides is 1. The number of anilines is 1. The molecule has 0 atom stereocenters. The molecule has 0 aliphatic heterocycles. The highest BCUT2D eigenvalue weighted by Gasteiger charge is 2.16. The van der Waals surface area contributed by atoms with Gasteiger partial charge < -0.3 is 10.1 Å². The van der Waals surface area contributed by atoms with E-state index in [1.807, 2.05) is 79.2 Å². The van der Waals surface area contributed by atoms with Gasteiger partial charge in [0.15, 0.2) is 0 Å². The molecule has 0 unspecified atom stereocenters. The normalized spacial score (nSPS) is 10.5. The second-order valence-corrected chi connectivity index (χ2v) is 7.75. The first kappa shape index (κ1) is 21.8. The Morgan fingerprint density at radius 2 is 1.82 bits per heavy atom. The third kappa shape index (κ3) is 5.28. The van der Waals surface area contributed by atoms with E-state index < -0.39 is 0 Å². The van der Waals surface area contributed by atoms with Gasteiger partial charge in [-0.25, -0.2) is 4.68 Å². The van der Waals surface area contributed by atoms with Crippen molar-refractivity contribution in [1.29, 1.82) is 5.26 Å². The zero-order valence-electron chi connectivity index (χ0n) is 18.6. The summed E-state index contributed by atoms with van der Waals surface area (Å²) >= 11 is 0. The van der Waals surface area contributed by atoms with Crippen molar-refractivity contribution in [3.63, 3.8) is 0 Å². The van der Waals surface area contributed by atoms with E-state index in [9.17, 15) is 4.79 Å². The largest absolute Gasteiger partial charge is 0.489 e. The van der Waals surface area contributed by atoms with Gasteiger partial charge in [-0.3, -0.25) is 4.79 Å². The highest BCUT2D eigenvalue weighted by molar-refractivity contribution is 5.92. The van der Waals surface area contributed by atoms with E-state index >= 15 is 0 Å². The van der Waals surface area contributed by atoms with Crippen LogP contribution >= 0.6 is 0 Å². The van der Waals surface area contributed by atoms with Crippen molar-refractivity contribution < 1.29 is 9.53 Å². The SMILES string of the molecule is Cc1nn(-c2ccccc2)c(C)c1CC(=O)Nc1cccc(OCc2cccc(C#N)c2)c1. The average Bonchev–Trinajstić information content (AvgIpc) is 3.12. The Morgan fingerprint density at radius 1 is 1.03 bits per heavy atom. The standard InChI is InChI=1S/C27H24N4O2/c1-19-26(20(2)31(30-19)24-11-4-3-5-12-24)16-27(32)29-23-10-7-13-25(15-23)33-18-22-9-6-8-21(14-22)17-28/h3-15H,16,18H2,1-2H3,(H,29,32). The summed E-state index contributed by atoms with van der Waals surface area (Å²) in [7, 11) is 0. The number of hydrogen-bond donors (Lipinski definition) is 1. The smallest absolute Gasteiger partial charge is 0.228 e. The summed E-state index contributed by atoms with van der Waals surface area (Å²) in [5.41, 5.74) is 5.84. The lowest BCUT2D eigenvalue weighted by Crippen LogP contribution is -2.15. The first-order chi connectivity index (χ1) is 16.0. The Hall–Kier alpha value is -4.37. The molecule has 1 amide bonds. The van der Waals surface area contributed by atoms with Gasteiger partial charge in [-0.05, 0) is 55.8 Å². The van der Waals surface area contributed by atoms with E-state index in [2.05, 4.69) is 16.5 Å². The van der Waals surface area contributed by atoms with E-state index in [4.69, 9.17) is 10.00 Å². The number of nitriles is 1. The van der Waals surface area contributed by atoms with Crippen molar-refractivity contribution in [2.24, 2.45) is 0 Å². The lowest BCUT2D eigenvalue weighted by atomic mass is 10.1. The Labute approximate surface area is 193 Å². The molecule has 0 radical (unpaired) electrons. The van der Waals surface area contributed by atoms with Crippen LogP contribution in [0.25, 0.3) is 5.69 Å². The molecular weight excluding hydrogens is 412 g/mol. The molecule has 6 nitrogen and oxygen atoms in total. The maximum Gasteiger partial charge on any atom is 0.228 e. The number of aromatic nitrogens is 2. The van der Waals surface area contributed by atoms with Crippen LogP contribution in [-0.2, 0) is 17.8 Å². The third-order valence-electron chi connectivity index (χ3n) is 5.36. The van der Waals surface area contributed by atoms with Crippen LogP contribution < -0.4 is 10.1 Å². The maximum atomic E-state index is 12.8. The maximum absolute atomic E-state index is 12.8. The summed E-state index contributed by atoms with van der Waals surface area (Å²) in [5, 5.41) is 16.6. The monoisotopic (exact) mass is 436 g/mol. The van der Waals surface area contributed by atoms with Gasteiger partial charge in [0.2, 0.25) is 5.91 Å². The number of nitrogens with zero attached hydrogens (tertiary/aromatic N) is 3. The fourth-order valence-electron chi connectivity index (χ4n) is 3.68. The Bertz CT molecular complexity index is 1320. The van der Waals surface area contributed by atoms with Crippen LogP contribution in [0.1, 0.15) is 28.1 Å². The summed E-state index contributed by atoms with van der Waals surface area (Å²) in [6.07, 6.45) is 0.233. The molecule has 1 heterocycles. The van der Waals surface area contributed by atoms with Crippen LogP contribution in [-0.4, -0.2) is 15.7 Å². The van der Waals surface area contributed by atoms with Crippen molar-refractivity contribution in [2.45, 2.75) is 26.9 Å². The molecule has 1 N–H and O–H groups in total. The second-order valence-electron chi connectivity index (χ2n) is 7.75. The molecule has 3 aromatic carbocycles. The summed E-state index contributed by atoms with van der Waals surface area (Å²) < 4.78 is 7.72. The summed E-state index contributed by atoms with van der Waals surface area (Å²) in [6.45, 7) is 4.24. The fraction of sp³-hybridized carbons (Fsp3) is 0.148. The third-order valence-corrected chi connectivity index (χ3v) is 5.36. The molecule has 33 heavy (non-hydrogen) atoms. The van der Waals surface area contributed by atoms with Crippen LogP contribution in [0.4, 0.5) is 5.69 Å². The summed E-state index contributed by atoms with van der Waals surface area (Å²) in [5.74, 6) is 0.520. The van der Waals surface area contributed by atoms with Crippen molar-refractivity contribution in [3.8, 4) is 17.5 Å². The van der Waals surface area contributed by atoms with Crippen LogP contribution in [0, 0.1) is 25.2 Å². The molecule has 4 rings (SSSR count). The van der Waals surface area contributed by atoms with Gasteiger partial charge in [-0.1, -0.05) is 36.4 Å². The van der Waals surface area contributed by atoms with Gasteiger partial charge in [-0.2, -0.15) is 10.4 Å². The molecule has 0 aliphatic carbocycles. The van der Waals surface area contributed by atoms with E-state index in [0.29, 0.717) is 23.6 Å². The number of aryl methyl sites for hydroxylation is 1. The molecular formula is C27H24N4O2. The molecule has 1 aromatic heterocycles. The van der Waals surface area contributed by atoms with Crippen molar-refractivity contribution >= 4 is 11.6 Å².